The van der Waals surface area contributed by atoms with Crippen molar-refractivity contribution in [3.05, 3.63) is 52.8 Å². The van der Waals surface area contributed by atoms with Crippen LogP contribution in [0.5, 0.6) is 5.75 Å². The van der Waals surface area contributed by atoms with E-state index in [0.29, 0.717) is 33.5 Å². The lowest BCUT2D eigenvalue weighted by Gasteiger charge is -2.41. The molecule has 0 bridgehead atoms. The molecular weight excluding hydrogens is 482 g/mol. The van der Waals surface area contributed by atoms with E-state index < -0.39 is 0 Å². The topological polar surface area (TPSA) is 110 Å². The number of nitrogens with zero attached hydrogens (tertiary/aromatic N) is 3. The molecule has 2 aromatic rings. The van der Waals surface area contributed by atoms with Crippen LogP contribution < -0.4 is 15.8 Å². The maximum atomic E-state index is 13.0. The van der Waals surface area contributed by atoms with Crippen molar-refractivity contribution in [2.75, 3.05) is 52.7 Å². The summed E-state index contributed by atoms with van der Waals surface area (Å²) in [5.74, 6) is 0.693. The van der Waals surface area contributed by atoms with Crippen LogP contribution in [-0.4, -0.2) is 85.7 Å². The molecule has 4 rings (SSSR count). The normalized spacial score (nSPS) is 21.2. The first kappa shape index (κ1) is 26.2. The first-order chi connectivity index (χ1) is 17.4. The highest BCUT2D eigenvalue weighted by Crippen LogP contribution is 2.29. The maximum Gasteiger partial charge on any atom is 0.255 e. The largest absolute Gasteiger partial charge is 0.496 e. The number of benzene rings is 1. The van der Waals surface area contributed by atoms with Crippen molar-refractivity contribution < 1.29 is 19.1 Å². The van der Waals surface area contributed by atoms with Crippen LogP contribution in [0.15, 0.2) is 36.7 Å². The molecule has 2 fully saturated rings. The van der Waals surface area contributed by atoms with Gasteiger partial charge in [-0.15, -0.1) is 0 Å². The summed E-state index contributed by atoms with van der Waals surface area (Å²) in [5.41, 5.74) is 7.19. The summed E-state index contributed by atoms with van der Waals surface area (Å²) in [6.45, 7) is 4.06. The monoisotopic (exact) mass is 515 g/mol. The predicted molar refractivity (Wildman–Crippen MR) is 138 cm³/mol. The highest BCUT2D eigenvalue weighted by atomic mass is 35.5. The molecule has 2 atom stereocenters. The van der Waals surface area contributed by atoms with Gasteiger partial charge >= 0.3 is 0 Å². The number of nitrogens with one attached hydrogen (secondary N) is 1. The van der Waals surface area contributed by atoms with E-state index in [0.717, 1.165) is 52.0 Å². The van der Waals surface area contributed by atoms with Crippen molar-refractivity contribution in [3.8, 4) is 5.75 Å². The second kappa shape index (κ2) is 11.9. The van der Waals surface area contributed by atoms with Gasteiger partial charge in [-0.1, -0.05) is 11.6 Å². The molecule has 2 saturated heterocycles. The fraction of sp³-hybridized carbons (Fsp3) is 0.500. The Kier molecular flexibility index (Phi) is 8.66. The Balaban J connectivity index is 1.28. The quantitative estimate of drug-likeness (QED) is 0.545. The Hall–Kier alpha value is -2.88. The molecule has 36 heavy (non-hydrogen) atoms. The number of carbonyl (C=O) groups is 2. The van der Waals surface area contributed by atoms with Gasteiger partial charge in [-0.25, -0.2) is 0 Å². The standard InChI is InChI=1S/C26H34ClN5O4/c1-35-23-13-21(28)20(27)12-19(23)25(33)30-22-7-9-31(16-24(22)36-2)15-17-5-10-32(11-6-17)26(34)18-4-3-8-29-14-18/h3-4,8,12-14,17,22,24H,5-7,9-11,15-16,28H2,1-2H3,(H,30,33)/t22-,24+/m0/s1. The molecule has 3 N–H and O–H groups in total. The van der Waals surface area contributed by atoms with Crippen molar-refractivity contribution in [2.24, 2.45) is 5.92 Å². The molecule has 1 aromatic heterocycles. The first-order valence-electron chi connectivity index (χ1n) is 12.3. The summed E-state index contributed by atoms with van der Waals surface area (Å²) >= 11 is 6.14. The van der Waals surface area contributed by atoms with E-state index in [4.69, 9.17) is 26.8 Å². The van der Waals surface area contributed by atoms with Gasteiger partial charge in [-0.3, -0.25) is 14.6 Å². The van der Waals surface area contributed by atoms with Gasteiger partial charge in [0.05, 0.1) is 41.1 Å². The molecule has 0 unspecified atom stereocenters. The minimum atomic E-state index is -0.264. The van der Waals surface area contributed by atoms with E-state index in [2.05, 4.69) is 15.2 Å². The van der Waals surface area contributed by atoms with E-state index in [1.54, 1.807) is 31.6 Å². The molecule has 2 amide bonds. The van der Waals surface area contributed by atoms with Crippen LogP contribution in [0.2, 0.25) is 5.02 Å². The van der Waals surface area contributed by atoms with Gasteiger partial charge in [0, 0.05) is 58.3 Å². The number of rotatable bonds is 7. The van der Waals surface area contributed by atoms with Crippen molar-refractivity contribution in [2.45, 2.75) is 31.4 Å². The van der Waals surface area contributed by atoms with Crippen LogP contribution in [-0.2, 0) is 4.74 Å². The number of hydrogen-bond acceptors (Lipinski definition) is 7. The average Bonchev–Trinajstić information content (AvgIpc) is 2.91. The summed E-state index contributed by atoms with van der Waals surface area (Å²) in [5, 5.41) is 3.41. The number of piperidine rings is 2. The zero-order valence-electron chi connectivity index (χ0n) is 20.8. The Labute approximate surface area is 216 Å². The molecule has 1 aromatic carbocycles. The maximum absolute atomic E-state index is 13.0. The number of aromatic nitrogens is 1. The van der Waals surface area contributed by atoms with Crippen molar-refractivity contribution in [1.29, 1.82) is 0 Å². The average molecular weight is 516 g/mol. The Morgan fingerprint density at radius 1 is 1.19 bits per heavy atom. The van der Waals surface area contributed by atoms with Gasteiger partial charge in [0.15, 0.2) is 0 Å². The summed E-state index contributed by atoms with van der Waals surface area (Å²) in [6, 6.07) is 6.57. The molecular formula is C26H34ClN5O4. The SMILES string of the molecule is COc1cc(N)c(Cl)cc1C(=O)N[C@H]1CCN(CC2CCN(C(=O)c3cccnc3)CC2)C[C@H]1OC. The lowest BCUT2D eigenvalue weighted by Crippen LogP contribution is -2.55. The number of pyridine rings is 1. The summed E-state index contributed by atoms with van der Waals surface area (Å²) in [6.07, 6.45) is 5.88. The molecule has 194 valence electrons. The third kappa shape index (κ3) is 6.08. The lowest BCUT2D eigenvalue weighted by atomic mass is 9.93. The molecule has 2 aliphatic heterocycles. The highest BCUT2D eigenvalue weighted by molar-refractivity contribution is 6.33. The Bertz CT molecular complexity index is 1060. The number of nitrogen functional groups attached to an aromatic ring is 1. The van der Waals surface area contributed by atoms with E-state index in [-0.39, 0.29) is 24.0 Å². The number of likely N-dealkylation sites (tertiary alicyclic amines) is 2. The number of anilines is 1. The van der Waals surface area contributed by atoms with E-state index in [9.17, 15) is 9.59 Å². The molecule has 3 heterocycles. The van der Waals surface area contributed by atoms with Crippen LogP contribution >= 0.6 is 11.6 Å². The zero-order valence-corrected chi connectivity index (χ0v) is 21.5. The number of ether oxygens (including phenoxy) is 2. The molecule has 0 spiro atoms. The predicted octanol–water partition coefficient (Wildman–Crippen LogP) is 2.70. The van der Waals surface area contributed by atoms with Gasteiger partial charge in [-0.05, 0) is 43.4 Å². The lowest BCUT2D eigenvalue weighted by molar-refractivity contribution is -0.00110. The number of nitrogens with two attached hydrogens (primary N) is 1. The Morgan fingerprint density at radius 2 is 1.97 bits per heavy atom. The minimum absolute atomic E-state index is 0.0524. The number of amides is 2. The molecule has 0 saturated carbocycles. The van der Waals surface area contributed by atoms with Gasteiger partial charge in [0.1, 0.15) is 5.75 Å². The van der Waals surface area contributed by atoms with Crippen LogP contribution in [0.4, 0.5) is 5.69 Å². The summed E-state index contributed by atoms with van der Waals surface area (Å²) in [4.78, 5) is 34.1. The third-order valence-electron chi connectivity index (χ3n) is 7.15. The third-order valence-corrected chi connectivity index (χ3v) is 7.48. The minimum Gasteiger partial charge on any atom is -0.496 e. The zero-order chi connectivity index (χ0) is 25.7. The summed E-state index contributed by atoms with van der Waals surface area (Å²) < 4.78 is 11.1. The molecule has 10 heteroatoms. The van der Waals surface area contributed by atoms with E-state index in [1.165, 1.54) is 13.2 Å². The molecule has 9 nitrogen and oxygen atoms in total. The number of halogens is 1. The van der Waals surface area contributed by atoms with Crippen LogP contribution in [0, 0.1) is 5.92 Å². The van der Waals surface area contributed by atoms with Crippen molar-refractivity contribution >= 4 is 29.1 Å². The van der Waals surface area contributed by atoms with Crippen LogP contribution in [0.3, 0.4) is 0 Å². The molecule has 0 aliphatic carbocycles. The smallest absolute Gasteiger partial charge is 0.255 e. The highest BCUT2D eigenvalue weighted by Gasteiger charge is 2.33. The second-order valence-electron chi connectivity index (χ2n) is 9.45. The van der Waals surface area contributed by atoms with Crippen LogP contribution in [0.1, 0.15) is 40.0 Å². The number of carbonyl (C=O) groups excluding carboxylic acids is 2. The van der Waals surface area contributed by atoms with E-state index >= 15 is 0 Å². The molecule has 2 aliphatic rings. The van der Waals surface area contributed by atoms with Crippen LogP contribution in [0.25, 0.3) is 0 Å². The number of hydrogen-bond donors (Lipinski definition) is 2. The van der Waals surface area contributed by atoms with E-state index in [1.807, 2.05) is 11.0 Å². The Morgan fingerprint density at radius 3 is 2.64 bits per heavy atom. The van der Waals surface area contributed by atoms with Gasteiger partial charge in [0.25, 0.3) is 11.8 Å². The van der Waals surface area contributed by atoms with Crippen molar-refractivity contribution in [1.82, 2.24) is 20.1 Å². The summed E-state index contributed by atoms with van der Waals surface area (Å²) in [7, 11) is 3.17. The van der Waals surface area contributed by atoms with Gasteiger partial charge < -0.3 is 30.3 Å². The van der Waals surface area contributed by atoms with Crippen molar-refractivity contribution in [3.63, 3.8) is 0 Å². The second-order valence-corrected chi connectivity index (χ2v) is 9.86. The first-order valence-corrected chi connectivity index (χ1v) is 12.7. The fourth-order valence-corrected chi connectivity index (χ4v) is 5.23. The fourth-order valence-electron chi connectivity index (χ4n) is 5.07. The van der Waals surface area contributed by atoms with Gasteiger partial charge in [-0.2, -0.15) is 0 Å². The van der Waals surface area contributed by atoms with Gasteiger partial charge in [0.2, 0.25) is 0 Å². The number of methoxy groups -OCH3 is 2. The molecule has 0 radical (unpaired) electrons.